The van der Waals surface area contributed by atoms with Gasteiger partial charge in [0.15, 0.2) is 0 Å². The third kappa shape index (κ3) is 4.43. The SMILES string of the molecule is Cc1cc(F)ccc1S(=O)(=O)NCC(=O)N(C)Cc1cnn(C)c1C. The summed E-state index contributed by atoms with van der Waals surface area (Å²) >= 11 is 0. The van der Waals surface area contributed by atoms with Gasteiger partial charge >= 0.3 is 0 Å². The van der Waals surface area contributed by atoms with E-state index in [4.69, 9.17) is 0 Å². The number of hydrogen-bond acceptors (Lipinski definition) is 4. The lowest BCUT2D eigenvalue weighted by Crippen LogP contribution is -2.38. The molecule has 1 amide bonds. The molecule has 0 radical (unpaired) electrons. The average Bonchev–Trinajstić information content (AvgIpc) is 2.84. The molecule has 0 aliphatic heterocycles. The Morgan fingerprint density at radius 1 is 1.36 bits per heavy atom. The lowest BCUT2D eigenvalue weighted by Gasteiger charge is -2.17. The number of aromatic nitrogens is 2. The van der Waals surface area contributed by atoms with Gasteiger partial charge in [-0.15, -0.1) is 0 Å². The summed E-state index contributed by atoms with van der Waals surface area (Å²) in [5.41, 5.74) is 2.09. The Hall–Kier alpha value is -2.26. The summed E-state index contributed by atoms with van der Waals surface area (Å²) in [6, 6.07) is 3.38. The van der Waals surface area contributed by atoms with Gasteiger partial charge in [0.05, 0.1) is 17.6 Å². The lowest BCUT2D eigenvalue weighted by molar-refractivity contribution is -0.129. The summed E-state index contributed by atoms with van der Waals surface area (Å²) in [5, 5.41) is 4.11. The first-order valence-corrected chi connectivity index (χ1v) is 9.07. The number of carbonyl (C=O) groups is 1. The smallest absolute Gasteiger partial charge is 0.241 e. The van der Waals surface area contributed by atoms with Gasteiger partial charge in [-0.25, -0.2) is 17.5 Å². The maximum absolute atomic E-state index is 13.1. The first-order valence-electron chi connectivity index (χ1n) is 7.59. The molecule has 7 nitrogen and oxygen atoms in total. The Kier molecular flexibility index (Phi) is 5.58. The predicted octanol–water partition coefficient (Wildman–Crippen LogP) is 1.11. The zero-order chi connectivity index (χ0) is 18.8. The second-order valence-corrected chi connectivity index (χ2v) is 7.60. The van der Waals surface area contributed by atoms with Crippen molar-refractivity contribution in [1.29, 1.82) is 0 Å². The number of likely N-dealkylation sites (N-methyl/N-ethyl adjacent to an activating group) is 1. The summed E-state index contributed by atoms with van der Waals surface area (Å²) in [7, 11) is -0.499. The van der Waals surface area contributed by atoms with Gasteiger partial charge in [-0.3, -0.25) is 9.48 Å². The molecule has 0 aliphatic rings. The molecule has 0 fully saturated rings. The Labute approximate surface area is 146 Å². The number of benzene rings is 1. The molecule has 0 saturated heterocycles. The second-order valence-electron chi connectivity index (χ2n) is 5.86. The van der Waals surface area contributed by atoms with E-state index in [1.54, 1.807) is 25.0 Å². The van der Waals surface area contributed by atoms with E-state index in [9.17, 15) is 17.6 Å². The minimum atomic E-state index is -3.89. The molecule has 9 heteroatoms. The van der Waals surface area contributed by atoms with E-state index in [1.165, 1.54) is 17.9 Å². The van der Waals surface area contributed by atoms with Crippen molar-refractivity contribution >= 4 is 15.9 Å². The molecule has 1 heterocycles. The van der Waals surface area contributed by atoms with Crippen LogP contribution in [0.25, 0.3) is 0 Å². The third-order valence-electron chi connectivity index (χ3n) is 4.01. The Morgan fingerprint density at radius 2 is 2.04 bits per heavy atom. The molecule has 2 aromatic rings. The highest BCUT2D eigenvalue weighted by Gasteiger charge is 2.20. The van der Waals surface area contributed by atoms with Crippen molar-refractivity contribution in [3.05, 3.63) is 47.0 Å². The van der Waals surface area contributed by atoms with Gasteiger partial charge in [0, 0.05) is 31.9 Å². The van der Waals surface area contributed by atoms with Gasteiger partial charge in [0.2, 0.25) is 15.9 Å². The molecule has 0 atom stereocenters. The number of hydrogen-bond donors (Lipinski definition) is 1. The van der Waals surface area contributed by atoms with Gasteiger partial charge in [-0.1, -0.05) is 0 Å². The molecule has 0 spiro atoms. The first kappa shape index (κ1) is 19.1. The monoisotopic (exact) mass is 368 g/mol. The van der Waals surface area contributed by atoms with Crippen LogP contribution in [-0.4, -0.2) is 42.6 Å². The molecule has 0 bridgehead atoms. The fraction of sp³-hybridized carbons (Fsp3) is 0.375. The van der Waals surface area contributed by atoms with Crippen LogP contribution in [0.3, 0.4) is 0 Å². The number of nitrogens with one attached hydrogen (secondary N) is 1. The zero-order valence-electron chi connectivity index (χ0n) is 14.6. The lowest BCUT2D eigenvalue weighted by atomic mass is 10.2. The van der Waals surface area contributed by atoms with Gasteiger partial charge in [0.1, 0.15) is 5.82 Å². The second kappa shape index (κ2) is 7.32. The highest BCUT2D eigenvalue weighted by atomic mass is 32.2. The third-order valence-corrected chi connectivity index (χ3v) is 5.57. The standard InChI is InChI=1S/C16H21FN4O3S/c1-11-7-14(17)5-6-15(11)25(23,24)19-9-16(22)20(3)10-13-8-18-21(4)12(13)2/h5-8,19H,9-10H2,1-4H3. The number of nitrogens with zero attached hydrogens (tertiary/aromatic N) is 3. The fourth-order valence-corrected chi connectivity index (χ4v) is 3.53. The van der Waals surface area contributed by atoms with Crippen molar-refractivity contribution in [3.8, 4) is 0 Å². The number of halogens is 1. The minimum Gasteiger partial charge on any atom is -0.340 e. The minimum absolute atomic E-state index is 0.0487. The van der Waals surface area contributed by atoms with E-state index in [-0.39, 0.29) is 22.9 Å². The normalized spacial score (nSPS) is 11.6. The van der Waals surface area contributed by atoms with Crippen LogP contribution in [0.2, 0.25) is 0 Å². The Bertz CT molecular complexity index is 893. The van der Waals surface area contributed by atoms with Crippen LogP contribution in [0.1, 0.15) is 16.8 Å². The molecule has 1 aromatic carbocycles. The van der Waals surface area contributed by atoms with E-state index >= 15 is 0 Å². The fourth-order valence-electron chi connectivity index (χ4n) is 2.33. The van der Waals surface area contributed by atoms with Crippen molar-refractivity contribution in [2.24, 2.45) is 7.05 Å². The molecular weight excluding hydrogens is 347 g/mol. The Balaban J connectivity index is 2.01. The molecule has 1 N–H and O–H groups in total. The molecule has 1 aromatic heterocycles. The van der Waals surface area contributed by atoms with Crippen LogP contribution in [-0.2, 0) is 28.4 Å². The molecule has 0 unspecified atom stereocenters. The summed E-state index contributed by atoms with van der Waals surface area (Å²) in [6.45, 7) is 3.34. The van der Waals surface area contributed by atoms with Gasteiger partial charge in [-0.05, 0) is 37.6 Å². The summed E-state index contributed by atoms with van der Waals surface area (Å²) in [6.07, 6.45) is 1.67. The number of aryl methyl sites for hydroxylation is 2. The van der Waals surface area contributed by atoms with Gasteiger partial charge in [0.25, 0.3) is 0 Å². The van der Waals surface area contributed by atoms with Crippen molar-refractivity contribution in [2.45, 2.75) is 25.3 Å². The molecule has 0 saturated carbocycles. The van der Waals surface area contributed by atoms with Crippen molar-refractivity contribution in [1.82, 2.24) is 19.4 Å². The molecule has 2 rings (SSSR count). The van der Waals surface area contributed by atoms with E-state index < -0.39 is 15.8 Å². The number of rotatable bonds is 6. The van der Waals surface area contributed by atoms with Crippen molar-refractivity contribution in [3.63, 3.8) is 0 Å². The van der Waals surface area contributed by atoms with E-state index in [0.29, 0.717) is 6.54 Å². The highest BCUT2D eigenvalue weighted by Crippen LogP contribution is 2.16. The van der Waals surface area contributed by atoms with E-state index in [0.717, 1.165) is 23.4 Å². The number of amides is 1. The predicted molar refractivity (Wildman–Crippen MR) is 90.7 cm³/mol. The largest absolute Gasteiger partial charge is 0.340 e. The summed E-state index contributed by atoms with van der Waals surface area (Å²) in [4.78, 5) is 13.6. The summed E-state index contributed by atoms with van der Waals surface area (Å²) < 4.78 is 41.7. The topological polar surface area (TPSA) is 84.3 Å². The quantitative estimate of drug-likeness (QED) is 0.828. The van der Waals surface area contributed by atoms with E-state index in [2.05, 4.69) is 9.82 Å². The maximum atomic E-state index is 13.1. The highest BCUT2D eigenvalue weighted by molar-refractivity contribution is 7.89. The van der Waals surface area contributed by atoms with Crippen LogP contribution in [0, 0.1) is 19.7 Å². The van der Waals surface area contributed by atoms with Crippen molar-refractivity contribution < 1.29 is 17.6 Å². The molecule has 25 heavy (non-hydrogen) atoms. The number of carbonyl (C=O) groups excluding carboxylic acids is 1. The molecule has 136 valence electrons. The summed E-state index contributed by atoms with van der Waals surface area (Å²) in [5.74, 6) is -0.898. The Morgan fingerprint density at radius 3 is 2.60 bits per heavy atom. The van der Waals surface area contributed by atoms with Crippen LogP contribution >= 0.6 is 0 Å². The van der Waals surface area contributed by atoms with Crippen LogP contribution in [0.5, 0.6) is 0 Å². The van der Waals surface area contributed by atoms with Crippen molar-refractivity contribution in [2.75, 3.05) is 13.6 Å². The maximum Gasteiger partial charge on any atom is 0.241 e. The van der Waals surface area contributed by atoms with Crippen LogP contribution in [0.15, 0.2) is 29.3 Å². The van der Waals surface area contributed by atoms with Crippen LogP contribution < -0.4 is 4.72 Å². The zero-order valence-corrected chi connectivity index (χ0v) is 15.4. The molecular formula is C16H21FN4O3S. The van der Waals surface area contributed by atoms with E-state index in [1.807, 2.05) is 6.92 Å². The number of sulfonamides is 1. The van der Waals surface area contributed by atoms with Gasteiger partial charge < -0.3 is 4.90 Å². The van der Waals surface area contributed by atoms with Crippen LogP contribution in [0.4, 0.5) is 4.39 Å². The first-order chi connectivity index (χ1) is 11.6. The van der Waals surface area contributed by atoms with Gasteiger partial charge in [-0.2, -0.15) is 5.10 Å². The average molecular weight is 368 g/mol. The molecule has 0 aliphatic carbocycles.